The smallest absolute Gasteiger partial charge is 0.410 e. The molecule has 11 heteroatoms. The molecule has 3 N–H and O–H groups in total. The van der Waals surface area contributed by atoms with E-state index in [1.54, 1.807) is 30.1 Å². The lowest BCUT2D eigenvalue weighted by Gasteiger charge is -2.34. The number of nitrogen functional groups attached to an aromatic ring is 1. The lowest BCUT2D eigenvalue weighted by molar-refractivity contribution is -0.127. The molecule has 1 aliphatic heterocycles. The molecule has 3 amide bonds. The third-order valence-corrected chi connectivity index (χ3v) is 7.31. The van der Waals surface area contributed by atoms with Gasteiger partial charge in [-0.15, -0.1) is 0 Å². The Hall–Kier alpha value is -4.15. The minimum atomic E-state index is -0.590. The molecule has 0 aliphatic carbocycles. The molecule has 4 rings (SSSR count). The Morgan fingerprint density at radius 2 is 1.88 bits per heavy atom. The van der Waals surface area contributed by atoms with Gasteiger partial charge < -0.3 is 30.2 Å². The van der Waals surface area contributed by atoms with Crippen molar-refractivity contribution in [3.63, 3.8) is 0 Å². The van der Waals surface area contributed by atoms with Gasteiger partial charge in [-0.25, -0.2) is 14.8 Å². The maximum Gasteiger partial charge on any atom is 0.410 e. The van der Waals surface area contributed by atoms with Gasteiger partial charge >= 0.3 is 6.09 Å². The molecule has 3 heterocycles. The number of nitrogens with one attached hydrogen (secondary N) is 1. The molecule has 11 nitrogen and oxygen atoms in total. The van der Waals surface area contributed by atoms with E-state index in [1.165, 1.54) is 6.33 Å². The van der Waals surface area contributed by atoms with Crippen LogP contribution in [0.2, 0.25) is 0 Å². The van der Waals surface area contributed by atoms with Crippen LogP contribution in [-0.2, 0) is 16.0 Å². The molecule has 0 bridgehead atoms. The second kappa shape index (κ2) is 11.1. The lowest BCUT2D eigenvalue weighted by atomic mass is 9.98. The van der Waals surface area contributed by atoms with Crippen LogP contribution in [0.25, 0.3) is 11.0 Å². The van der Waals surface area contributed by atoms with E-state index in [0.717, 1.165) is 29.5 Å². The van der Waals surface area contributed by atoms with Crippen LogP contribution >= 0.6 is 0 Å². The quantitative estimate of drug-likeness (QED) is 0.489. The van der Waals surface area contributed by atoms with Crippen molar-refractivity contribution in [2.75, 3.05) is 38.2 Å². The summed E-state index contributed by atoms with van der Waals surface area (Å²) in [4.78, 5) is 50.5. The number of amides is 3. The van der Waals surface area contributed by atoms with E-state index in [4.69, 9.17) is 10.5 Å². The highest BCUT2D eigenvalue weighted by Crippen LogP contribution is 2.32. The zero-order valence-corrected chi connectivity index (χ0v) is 24.4. The van der Waals surface area contributed by atoms with Crippen molar-refractivity contribution in [2.45, 2.75) is 65.5 Å². The molecule has 40 heavy (non-hydrogen) atoms. The van der Waals surface area contributed by atoms with Gasteiger partial charge in [-0.3, -0.25) is 9.59 Å². The normalized spacial score (nSPS) is 15.7. The summed E-state index contributed by atoms with van der Waals surface area (Å²) < 4.78 is 7.51. The first-order valence-corrected chi connectivity index (χ1v) is 13.5. The number of likely N-dealkylation sites (tertiary alicyclic amines) is 1. The summed E-state index contributed by atoms with van der Waals surface area (Å²) in [6.07, 6.45) is 4.65. The Kier molecular flexibility index (Phi) is 8.04. The Morgan fingerprint density at radius 3 is 2.55 bits per heavy atom. The van der Waals surface area contributed by atoms with Crippen LogP contribution < -0.4 is 11.1 Å². The number of anilines is 2. The average Bonchev–Trinajstić information content (AvgIpc) is 3.28. The zero-order valence-electron chi connectivity index (χ0n) is 24.4. The Labute approximate surface area is 234 Å². The van der Waals surface area contributed by atoms with Crippen LogP contribution in [0.4, 0.5) is 16.3 Å². The Balaban J connectivity index is 1.63. The SMILES string of the molecule is Cc1c(CC(=O)N(C)C)ccc(NC(=O)c2cn(C3CCCN(C(=O)OC(C)(C)C)C3)c3ncnc(N)c23)c1C. The fourth-order valence-corrected chi connectivity index (χ4v) is 4.95. The molecule has 1 unspecified atom stereocenters. The number of fused-ring (bicyclic) bond motifs is 1. The summed E-state index contributed by atoms with van der Waals surface area (Å²) in [5.41, 5.74) is 9.95. The number of hydrogen-bond acceptors (Lipinski definition) is 7. The third kappa shape index (κ3) is 6.03. The number of hydrogen-bond donors (Lipinski definition) is 2. The zero-order chi connectivity index (χ0) is 29.4. The molecule has 214 valence electrons. The highest BCUT2D eigenvalue weighted by atomic mass is 16.6. The maximum atomic E-state index is 13.6. The monoisotopic (exact) mass is 549 g/mol. The lowest BCUT2D eigenvalue weighted by Crippen LogP contribution is -2.43. The Morgan fingerprint density at radius 1 is 1.15 bits per heavy atom. The summed E-state index contributed by atoms with van der Waals surface area (Å²) in [6, 6.07) is 3.57. The molecule has 3 aromatic rings. The predicted octanol–water partition coefficient (Wildman–Crippen LogP) is 4.09. The summed E-state index contributed by atoms with van der Waals surface area (Å²) in [7, 11) is 3.46. The topological polar surface area (TPSA) is 136 Å². The molecule has 0 radical (unpaired) electrons. The number of piperidine rings is 1. The van der Waals surface area contributed by atoms with E-state index in [0.29, 0.717) is 35.4 Å². The molecule has 0 saturated carbocycles. The molecular weight excluding hydrogens is 510 g/mol. The molecule has 1 atom stereocenters. The number of ether oxygens (including phenoxy) is 1. The van der Waals surface area contributed by atoms with Gasteiger partial charge in [0.15, 0.2) is 0 Å². The van der Waals surface area contributed by atoms with Crippen molar-refractivity contribution in [3.8, 4) is 0 Å². The minimum Gasteiger partial charge on any atom is -0.444 e. The fourth-order valence-electron chi connectivity index (χ4n) is 4.95. The van der Waals surface area contributed by atoms with Gasteiger partial charge in [0, 0.05) is 39.1 Å². The molecule has 1 saturated heterocycles. The largest absolute Gasteiger partial charge is 0.444 e. The summed E-state index contributed by atoms with van der Waals surface area (Å²) in [5.74, 6) is -0.126. The van der Waals surface area contributed by atoms with Crippen LogP contribution in [-0.4, -0.2) is 75.0 Å². The van der Waals surface area contributed by atoms with Crippen LogP contribution in [0.3, 0.4) is 0 Å². The summed E-state index contributed by atoms with van der Waals surface area (Å²) in [6.45, 7) is 10.4. The molecule has 1 fully saturated rings. The Bertz CT molecular complexity index is 1450. The average molecular weight is 550 g/mol. The van der Waals surface area contributed by atoms with Crippen molar-refractivity contribution in [3.05, 3.63) is 46.9 Å². The fraction of sp³-hybridized carbons (Fsp3) is 0.483. The van der Waals surface area contributed by atoms with E-state index in [-0.39, 0.29) is 36.2 Å². The van der Waals surface area contributed by atoms with Crippen molar-refractivity contribution < 1.29 is 19.1 Å². The second-order valence-corrected chi connectivity index (χ2v) is 11.6. The van der Waals surface area contributed by atoms with Gasteiger partial charge in [0.1, 0.15) is 23.4 Å². The number of rotatable bonds is 5. The number of nitrogens with zero attached hydrogens (tertiary/aromatic N) is 5. The van der Waals surface area contributed by atoms with Gasteiger partial charge in [-0.1, -0.05) is 6.07 Å². The van der Waals surface area contributed by atoms with Crippen molar-refractivity contribution >= 4 is 40.4 Å². The van der Waals surface area contributed by atoms with E-state index in [1.807, 2.05) is 51.3 Å². The number of benzene rings is 1. The summed E-state index contributed by atoms with van der Waals surface area (Å²) in [5, 5.41) is 3.49. The van der Waals surface area contributed by atoms with Crippen LogP contribution in [0.1, 0.15) is 66.7 Å². The minimum absolute atomic E-state index is 0.00974. The maximum absolute atomic E-state index is 13.6. The second-order valence-electron chi connectivity index (χ2n) is 11.6. The first kappa shape index (κ1) is 28.8. The summed E-state index contributed by atoms with van der Waals surface area (Å²) >= 11 is 0. The van der Waals surface area contributed by atoms with Crippen molar-refractivity contribution in [1.82, 2.24) is 24.3 Å². The molecule has 1 aromatic carbocycles. The van der Waals surface area contributed by atoms with E-state index in [2.05, 4.69) is 15.3 Å². The van der Waals surface area contributed by atoms with E-state index >= 15 is 0 Å². The molecular formula is C29H39N7O4. The van der Waals surface area contributed by atoms with Crippen LogP contribution in [0, 0.1) is 13.8 Å². The molecule has 1 aliphatic rings. The van der Waals surface area contributed by atoms with E-state index in [9.17, 15) is 14.4 Å². The predicted molar refractivity (Wildman–Crippen MR) is 154 cm³/mol. The van der Waals surface area contributed by atoms with Gasteiger partial charge in [-0.2, -0.15) is 0 Å². The highest BCUT2D eigenvalue weighted by Gasteiger charge is 2.31. The third-order valence-electron chi connectivity index (χ3n) is 7.31. The van der Waals surface area contributed by atoms with Gasteiger partial charge in [-0.05, 0) is 70.2 Å². The van der Waals surface area contributed by atoms with E-state index < -0.39 is 5.60 Å². The highest BCUT2D eigenvalue weighted by molar-refractivity contribution is 6.15. The van der Waals surface area contributed by atoms with Crippen LogP contribution in [0.15, 0.2) is 24.7 Å². The number of carbonyl (C=O) groups is 3. The molecule has 2 aromatic heterocycles. The van der Waals surface area contributed by atoms with Crippen molar-refractivity contribution in [1.29, 1.82) is 0 Å². The number of aromatic nitrogens is 3. The van der Waals surface area contributed by atoms with Crippen molar-refractivity contribution in [2.24, 2.45) is 0 Å². The number of likely N-dealkylation sites (N-methyl/N-ethyl adjacent to an activating group) is 1. The van der Waals surface area contributed by atoms with Gasteiger partial charge in [0.05, 0.1) is 23.4 Å². The number of carbonyl (C=O) groups excluding carboxylic acids is 3. The standard InChI is InChI=1S/C29H39N7O4/c1-17-18(2)22(11-10-19(17)13-23(37)34(6)7)33-27(38)21-15-36(26-24(21)25(30)31-16-32-26)20-9-8-12-35(14-20)28(39)40-29(3,4)5/h10-11,15-16,20H,8-9,12-14H2,1-7H3,(H,33,38)(H2,30,31,32). The first-order valence-electron chi connectivity index (χ1n) is 13.5. The van der Waals surface area contributed by atoms with Gasteiger partial charge in [0.25, 0.3) is 5.91 Å². The van der Waals surface area contributed by atoms with Gasteiger partial charge in [0.2, 0.25) is 5.91 Å². The van der Waals surface area contributed by atoms with Crippen LogP contribution in [0.5, 0.6) is 0 Å². The number of nitrogens with two attached hydrogens (primary N) is 1. The first-order chi connectivity index (χ1) is 18.8. The molecule has 0 spiro atoms.